The first-order valence-electron chi connectivity index (χ1n) is 6.84. The van der Waals surface area contributed by atoms with Crippen LogP contribution in [0.15, 0.2) is 18.2 Å². The molecule has 122 valence electrons. The number of rotatable bonds is 2. The number of nitrogens with zero attached hydrogens (tertiary/aromatic N) is 1. The molecule has 0 spiro atoms. The van der Waals surface area contributed by atoms with Gasteiger partial charge in [-0.3, -0.25) is 0 Å². The van der Waals surface area contributed by atoms with Crippen molar-refractivity contribution in [1.82, 2.24) is 10.2 Å². The number of piperidine rings is 1. The molecule has 2 rings (SSSR count). The van der Waals surface area contributed by atoms with Gasteiger partial charge in [-0.1, -0.05) is 6.07 Å². The summed E-state index contributed by atoms with van der Waals surface area (Å²) in [5, 5.41) is 11.9. The Hall–Kier alpha value is -1.83. The van der Waals surface area contributed by atoms with Gasteiger partial charge in [-0.25, -0.2) is 9.18 Å². The first-order valence-corrected chi connectivity index (χ1v) is 6.84. The van der Waals surface area contributed by atoms with E-state index in [1.54, 1.807) is 0 Å². The molecule has 8 heteroatoms. The predicted molar refractivity (Wildman–Crippen MR) is 70.5 cm³/mol. The molecule has 22 heavy (non-hydrogen) atoms. The molecule has 1 heterocycles. The Balaban J connectivity index is 2.04. The van der Waals surface area contributed by atoms with Crippen molar-refractivity contribution in [2.24, 2.45) is 0 Å². The minimum Gasteiger partial charge on any atom is -0.391 e. The maximum Gasteiger partial charge on any atom is 0.416 e. The van der Waals surface area contributed by atoms with Crippen molar-refractivity contribution in [2.45, 2.75) is 31.7 Å². The Bertz CT molecular complexity index is 548. The highest BCUT2D eigenvalue weighted by atomic mass is 19.4. The summed E-state index contributed by atoms with van der Waals surface area (Å²) in [5.74, 6) is -0.985. The highest BCUT2D eigenvalue weighted by Crippen LogP contribution is 2.32. The third-order valence-electron chi connectivity index (χ3n) is 3.49. The van der Waals surface area contributed by atoms with Gasteiger partial charge in [0.25, 0.3) is 0 Å². The highest BCUT2D eigenvalue weighted by molar-refractivity contribution is 5.74. The van der Waals surface area contributed by atoms with E-state index in [4.69, 9.17) is 0 Å². The zero-order chi connectivity index (χ0) is 16.3. The molecular formula is C14H16F4N2O2. The largest absolute Gasteiger partial charge is 0.416 e. The summed E-state index contributed by atoms with van der Waals surface area (Å²) in [6, 6.07) is 1.79. The van der Waals surface area contributed by atoms with Crippen LogP contribution in [0, 0.1) is 5.82 Å². The van der Waals surface area contributed by atoms with Crippen molar-refractivity contribution in [3.63, 3.8) is 0 Å². The minimum atomic E-state index is -4.69. The number of likely N-dealkylation sites (tertiary alicyclic amines) is 1. The van der Waals surface area contributed by atoms with E-state index < -0.39 is 29.7 Å². The summed E-state index contributed by atoms with van der Waals surface area (Å²) in [7, 11) is 0. The summed E-state index contributed by atoms with van der Waals surface area (Å²) >= 11 is 0. The van der Waals surface area contributed by atoms with Gasteiger partial charge in [-0.05, 0) is 30.5 Å². The molecule has 1 aliphatic heterocycles. The van der Waals surface area contributed by atoms with Crippen LogP contribution in [0.3, 0.4) is 0 Å². The topological polar surface area (TPSA) is 52.6 Å². The van der Waals surface area contributed by atoms with Gasteiger partial charge in [0.05, 0.1) is 11.7 Å². The minimum absolute atomic E-state index is 0.154. The molecule has 0 radical (unpaired) electrons. The van der Waals surface area contributed by atoms with E-state index in [1.165, 1.54) is 4.90 Å². The molecule has 0 bridgehead atoms. The second-order valence-corrected chi connectivity index (χ2v) is 5.20. The molecular weight excluding hydrogens is 304 g/mol. The molecule has 0 aliphatic carbocycles. The van der Waals surface area contributed by atoms with Gasteiger partial charge in [-0.2, -0.15) is 13.2 Å². The molecule has 0 saturated carbocycles. The molecule has 1 saturated heterocycles. The second kappa shape index (κ2) is 6.51. The van der Waals surface area contributed by atoms with Gasteiger partial charge in [0.2, 0.25) is 0 Å². The lowest BCUT2D eigenvalue weighted by Gasteiger charge is -2.30. The number of alkyl halides is 3. The number of hydrogen-bond donors (Lipinski definition) is 2. The third-order valence-corrected chi connectivity index (χ3v) is 3.49. The number of hydrogen-bond acceptors (Lipinski definition) is 2. The van der Waals surface area contributed by atoms with Crippen molar-refractivity contribution >= 4 is 6.03 Å². The van der Waals surface area contributed by atoms with Crippen LogP contribution in [0.1, 0.15) is 24.0 Å². The molecule has 1 unspecified atom stereocenters. The first kappa shape index (κ1) is 16.5. The lowest BCUT2D eigenvalue weighted by molar-refractivity contribution is -0.138. The number of benzene rings is 1. The number of β-amino-alcohol motifs (C(OH)–C–C–N with tert-alkyl or cyclic N) is 1. The van der Waals surface area contributed by atoms with E-state index in [1.807, 2.05) is 0 Å². The van der Waals surface area contributed by atoms with E-state index in [0.717, 1.165) is 12.1 Å². The quantitative estimate of drug-likeness (QED) is 0.823. The molecule has 4 nitrogen and oxygen atoms in total. The highest BCUT2D eigenvalue weighted by Gasteiger charge is 2.34. The summed E-state index contributed by atoms with van der Waals surface area (Å²) in [6.45, 7) is 0.236. The van der Waals surface area contributed by atoms with Crippen LogP contribution in [-0.2, 0) is 12.7 Å². The van der Waals surface area contributed by atoms with Crippen molar-refractivity contribution < 1.29 is 27.5 Å². The predicted octanol–water partition coefficient (Wildman–Crippen LogP) is 2.51. The lowest BCUT2D eigenvalue weighted by Crippen LogP contribution is -2.46. The molecule has 1 aromatic carbocycles. The summed E-state index contributed by atoms with van der Waals surface area (Å²) in [4.78, 5) is 13.2. The van der Waals surface area contributed by atoms with Crippen molar-refractivity contribution in [3.8, 4) is 0 Å². The molecule has 2 N–H and O–H groups in total. The number of carbonyl (C=O) groups excluding carboxylic acids is 1. The first-order chi connectivity index (χ1) is 10.3. The van der Waals surface area contributed by atoms with E-state index in [9.17, 15) is 27.5 Å². The van der Waals surface area contributed by atoms with Gasteiger partial charge in [-0.15, -0.1) is 0 Å². The maximum atomic E-state index is 13.0. The summed E-state index contributed by atoms with van der Waals surface area (Å²) < 4.78 is 51.5. The monoisotopic (exact) mass is 320 g/mol. The third kappa shape index (κ3) is 4.09. The fraction of sp³-hybridized carbons (Fsp3) is 0.500. The average Bonchev–Trinajstić information content (AvgIpc) is 2.44. The normalized spacial score (nSPS) is 19.1. The smallest absolute Gasteiger partial charge is 0.391 e. The number of carbonyl (C=O) groups is 1. The van der Waals surface area contributed by atoms with Gasteiger partial charge in [0, 0.05) is 19.6 Å². The van der Waals surface area contributed by atoms with Gasteiger partial charge in [0.15, 0.2) is 0 Å². The Labute approximate surface area is 124 Å². The van der Waals surface area contributed by atoms with Crippen LogP contribution < -0.4 is 5.32 Å². The van der Waals surface area contributed by atoms with Gasteiger partial charge < -0.3 is 15.3 Å². The maximum absolute atomic E-state index is 13.0. The number of aliphatic hydroxyl groups is 1. The number of nitrogens with one attached hydrogen (secondary N) is 1. The summed E-state index contributed by atoms with van der Waals surface area (Å²) in [5.41, 5.74) is -1.31. The van der Waals surface area contributed by atoms with Crippen LogP contribution >= 0.6 is 0 Å². The molecule has 1 atom stereocenters. The standard InChI is InChI=1S/C14H16F4N2O2/c15-10-4-3-9(12(6-10)14(16,17)18)7-19-13(22)20-5-1-2-11(21)8-20/h3-4,6,11,21H,1-2,5,7-8H2,(H,19,22). The fourth-order valence-electron chi connectivity index (χ4n) is 2.39. The molecule has 2 amide bonds. The lowest BCUT2D eigenvalue weighted by atomic mass is 10.1. The fourth-order valence-corrected chi connectivity index (χ4v) is 2.39. The Morgan fingerprint density at radius 2 is 2.14 bits per heavy atom. The van der Waals surface area contributed by atoms with Crippen LogP contribution in [-0.4, -0.2) is 35.2 Å². The molecule has 1 aliphatic rings. The van der Waals surface area contributed by atoms with Crippen LogP contribution in [0.4, 0.5) is 22.4 Å². The van der Waals surface area contributed by atoms with Crippen molar-refractivity contribution in [2.75, 3.05) is 13.1 Å². The molecule has 0 aromatic heterocycles. The van der Waals surface area contributed by atoms with E-state index in [2.05, 4.69) is 5.32 Å². The Morgan fingerprint density at radius 3 is 2.77 bits per heavy atom. The van der Waals surface area contributed by atoms with E-state index in [-0.39, 0.29) is 18.7 Å². The van der Waals surface area contributed by atoms with E-state index >= 15 is 0 Å². The zero-order valence-corrected chi connectivity index (χ0v) is 11.7. The van der Waals surface area contributed by atoms with Crippen LogP contribution in [0.2, 0.25) is 0 Å². The number of aliphatic hydroxyl groups excluding tert-OH is 1. The Morgan fingerprint density at radius 1 is 1.41 bits per heavy atom. The zero-order valence-electron chi connectivity index (χ0n) is 11.7. The van der Waals surface area contributed by atoms with Crippen LogP contribution in [0.5, 0.6) is 0 Å². The number of urea groups is 1. The van der Waals surface area contributed by atoms with Crippen molar-refractivity contribution in [1.29, 1.82) is 0 Å². The molecule has 1 aromatic rings. The van der Waals surface area contributed by atoms with Gasteiger partial charge in [0.1, 0.15) is 5.82 Å². The number of amides is 2. The van der Waals surface area contributed by atoms with Crippen LogP contribution in [0.25, 0.3) is 0 Å². The summed E-state index contributed by atoms with van der Waals surface area (Å²) in [6.07, 6.45) is -4.07. The second-order valence-electron chi connectivity index (χ2n) is 5.20. The van der Waals surface area contributed by atoms with Crippen molar-refractivity contribution in [3.05, 3.63) is 35.1 Å². The Kier molecular flexibility index (Phi) is 4.90. The average molecular weight is 320 g/mol. The van der Waals surface area contributed by atoms with Gasteiger partial charge >= 0.3 is 12.2 Å². The number of halogens is 4. The van der Waals surface area contributed by atoms with E-state index in [0.29, 0.717) is 25.5 Å². The SMILES string of the molecule is O=C(NCc1ccc(F)cc1C(F)(F)F)N1CCCC(O)C1. The molecule has 1 fully saturated rings.